The molecule has 0 aliphatic heterocycles. The van der Waals surface area contributed by atoms with E-state index in [1.807, 2.05) is 30.3 Å². The van der Waals surface area contributed by atoms with E-state index in [0.29, 0.717) is 6.54 Å². The van der Waals surface area contributed by atoms with E-state index in [0.717, 1.165) is 12.2 Å². The number of benzene rings is 1. The van der Waals surface area contributed by atoms with Crippen molar-refractivity contribution in [1.82, 2.24) is 9.29 Å². The molecule has 0 radical (unpaired) electrons. The van der Waals surface area contributed by atoms with Crippen molar-refractivity contribution in [3.63, 3.8) is 0 Å². The van der Waals surface area contributed by atoms with Gasteiger partial charge in [-0.3, -0.25) is 0 Å². The first-order chi connectivity index (χ1) is 8.57. The van der Waals surface area contributed by atoms with Gasteiger partial charge in [-0.15, -0.1) is 0 Å². The van der Waals surface area contributed by atoms with Crippen LogP contribution in [0.5, 0.6) is 0 Å². The van der Waals surface area contributed by atoms with Gasteiger partial charge in [0.15, 0.2) is 0 Å². The van der Waals surface area contributed by atoms with Crippen molar-refractivity contribution in [2.75, 3.05) is 6.26 Å². The molecule has 0 saturated carbocycles. The Balaban J connectivity index is 1.98. The number of hydrogen-bond donors (Lipinski definition) is 1. The summed E-state index contributed by atoms with van der Waals surface area (Å²) in [5, 5.41) is 3.23. The van der Waals surface area contributed by atoms with Crippen LogP contribution in [0.2, 0.25) is 0 Å². The summed E-state index contributed by atoms with van der Waals surface area (Å²) in [6, 6.07) is 13.5. The fraction of sp³-hybridized carbons (Fsp3) is 0.231. The lowest BCUT2D eigenvalue weighted by Gasteiger charge is -2.08. The molecule has 0 spiro atoms. The van der Waals surface area contributed by atoms with Crippen molar-refractivity contribution in [2.45, 2.75) is 13.1 Å². The van der Waals surface area contributed by atoms with Gasteiger partial charge in [0.1, 0.15) is 0 Å². The molecule has 0 saturated heterocycles. The molecule has 18 heavy (non-hydrogen) atoms. The normalized spacial score (nSPS) is 11.6. The molecule has 96 valence electrons. The first kappa shape index (κ1) is 12.9. The molecular weight excluding hydrogens is 248 g/mol. The third kappa shape index (κ3) is 3.21. The fourth-order valence-electron chi connectivity index (χ4n) is 1.79. The molecule has 0 amide bonds. The van der Waals surface area contributed by atoms with Gasteiger partial charge in [-0.2, -0.15) is 0 Å². The maximum atomic E-state index is 11.5. The second-order valence-electron chi connectivity index (χ2n) is 4.15. The fourth-order valence-corrected chi connectivity index (χ4v) is 2.64. The van der Waals surface area contributed by atoms with Gasteiger partial charge in [0.05, 0.1) is 6.26 Å². The molecule has 0 aliphatic rings. The quantitative estimate of drug-likeness (QED) is 0.892. The molecule has 1 N–H and O–H groups in total. The molecule has 2 aromatic rings. The van der Waals surface area contributed by atoms with E-state index in [4.69, 9.17) is 0 Å². The van der Waals surface area contributed by atoms with Crippen LogP contribution in [-0.2, 0) is 23.1 Å². The summed E-state index contributed by atoms with van der Waals surface area (Å²) < 4.78 is 24.3. The van der Waals surface area contributed by atoms with Gasteiger partial charge < -0.3 is 5.32 Å². The summed E-state index contributed by atoms with van der Waals surface area (Å²) in [6.07, 6.45) is 2.77. The predicted molar refractivity (Wildman–Crippen MR) is 71.7 cm³/mol. The predicted octanol–water partition coefficient (Wildman–Crippen LogP) is 1.59. The number of hydrogen-bond acceptors (Lipinski definition) is 3. The van der Waals surface area contributed by atoms with Gasteiger partial charge in [-0.25, -0.2) is 12.4 Å². The van der Waals surface area contributed by atoms with Gasteiger partial charge >= 0.3 is 0 Å². The van der Waals surface area contributed by atoms with Crippen molar-refractivity contribution in [3.05, 3.63) is 59.9 Å². The monoisotopic (exact) mass is 264 g/mol. The van der Waals surface area contributed by atoms with E-state index in [-0.39, 0.29) is 0 Å². The number of rotatable bonds is 5. The Kier molecular flexibility index (Phi) is 3.84. The van der Waals surface area contributed by atoms with Crippen LogP contribution in [0.4, 0.5) is 0 Å². The van der Waals surface area contributed by atoms with E-state index in [1.54, 1.807) is 18.3 Å². The molecule has 0 fully saturated rings. The Morgan fingerprint density at radius 2 is 1.78 bits per heavy atom. The first-order valence-corrected chi connectivity index (χ1v) is 7.53. The van der Waals surface area contributed by atoms with Gasteiger partial charge in [-0.1, -0.05) is 30.3 Å². The molecular formula is C13H16N2O2S. The third-order valence-corrected chi connectivity index (χ3v) is 3.70. The van der Waals surface area contributed by atoms with Crippen molar-refractivity contribution in [1.29, 1.82) is 0 Å². The molecule has 0 unspecified atom stereocenters. The lowest BCUT2D eigenvalue weighted by Crippen LogP contribution is -2.19. The van der Waals surface area contributed by atoms with E-state index >= 15 is 0 Å². The maximum Gasteiger partial charge on any atom is 0.235 e. The van der Waals surface area contributed by atoms with Crippen LogP contribution >= 0.6 is 0 Å². The summed E-state index contributed by atoms with van der Waals surface area (Å²) in [5.74, 6) is 0. The van der Waals surface area contributed by atoms with E-state index < -0.39 is 10.0 Å². The molecule has 2 rings (SSSR count). The summed E-state index contributed by atoms with van der Waals surface area (Å²) in [6.45, 7) is 1.24. The molecule has 0 aliphatic carbocycles. The number of aromatic nitrogens is 1. The second kappa shape index (κ2) is 5.37. The molecule has 5 heteroatoms. The minimum atomic E-state index is -3.21. The summed E-state index contributed by atoms with van der Waals surface area (Å²) >= 11 is 0. The molecule has 0 atom stereocenters. The highest BCUT2D eigenvalue weighted by atomic mass is 32.2. The second-order valence-corrected chi connectivity index (χ2v) is 6.01. The average molecular weight is 264 g/mol. The molecule has 1 aromatic carbocycles. The minimum absolute atomic E-state index is 0.523. The molecule has 1 aromatic heterocycles. The van der Waals surface area contributed by atoms with Gasteiger partial charge in [0.2, 0.25) is 10.0 Å². The van der Waals surface area contributed by atoms with Crippen LogP contribution in [-0.4, -0.2) is 18.6 Å². The summed E-state index contributed by atoms with van der Waals surface area (Å²) in [7, 11) is -3.21. The van der Waals surface area contributed by atoms with Crippen molar-refractivity contribution >= 4 is 10.0 Å². The van der Waals surface area contributed by atoms with Gasteiger partial charge in [-0.05, 0) is 17.7 Å². The Morgan fingerprint density at radius 1 is 1.06 bits per heavy atom. The van der Waals surface area contributed by atoms with Crippen LogP contribution in [0.15, 0.2) is 48.7 Å². The average Bonchev–Trinajstić information content (AvgIpc) is 2.78. The largest absolute Gasteiger partial charge is 0.307 e. The zero-order valence-electron chi connectivity index (χ0n) is 10.2. The highest BCUT2D eigenvalue weighted by molar-refractivity contribution is 7.89. The standard InChI is InChI=1S/C13H16N2O2S/c1-18(16,17)15-9-5-8-13(15)11-14-10-12-6-3-2-4-7-12/h2-9,14H,10-11H2,1H3. The Labute approximate surface area is 107 Å². The van der Waals surface area contributed by atoms with Crippen LogP contribution in [0.25, 0.3) is 0 Å². The number of nitrogens with zero attached hydrogens (tertiary/aromatic N) is 1. The van der Waals surface area contributed by atoms with E-state index in [9.17, 15) is 8.42 Å². The lowest BCUT2D eigenvalue weighted by atomic mass is 10.2. The lowest BCUT2D eigenvalue weighted by molar-refractivity contribution is 0.587. The Bertz CT molecular complexity index is 603. The first-order valence-electron chi connectivity index (χ1n) is 5.69. The Hall–Kier alpha value is -1.59. The maximum absolute atomic E-state index is 11.5. The van der Waals surface area contributed by atoms with Crippen LogP contribution < -0.4 is 5.32 Å². The third-order valence-electron chi connectivity index (χ3n) is 2.63. The summed E-state index contributed by atoms with van der Waals surface area (Å²) in [4.78, 5) is 0. The van der Waals surface area contributed by atoms with Crippen molar-refractivity contribution < 1.29 is 8.42 Å². The van der Waals surface area contributed by atoms with Gasteiger partial charge in [0, 0.05) is 25.0 Å². The SMILES string of the molecule is CS(=O)(=O)n1cccc1CNCc1ccccc1. The molecule has 4 nitrogen and oxygen atoms in total. The number of nitrogens with one attached hydrogen (secondary N) is 1. The van der Waals surface area contributed by atoms with Crippen LogP contribution in [0, 0.1) is 0 Å². The van der Waals surface area contributed by atoms with Crippen LogP contribution in [0.1, 0.15) is 11.3 Å². The van der Waals surface area contributed by atoms with Crippen molar-refractivity contribution in [3.8, 4) is 0 Å². The highest BCUT2D eigenvalue weighted by Crippen LogP contribution is 2.06. The smallest absolute Gasteiger partial charge is 0.235 e. The van der Waals surface area contributed by atoms with Crippen LogP contribution in [0.3, 0.4) is 0 Å². The Morgan fingerprint density at radius 3 is 2.44 bits per heavy atom. The molecule has 1 heterocycles. The minimum Gasteiger partial charge on any atom is -0.307 e. The molecule has 0 bridgehead atoms. The van der Waals surface area contributed by atoms with E-state index in [2.05, 4.69) is 5.32 Å². The van der Waals surface area contributed by atoms with Gasteiger partial charge in [0.25, 0.3) is 0 Å². The zero-order valence-corrected chi connectivity index (χ0v) is 11.0. The van der Waals surface area contributed by atoms with Crippen molar-refractivity contribution in [2.24, 2.45) is 0 Å². The topological polar surface area (TPSA) is 51.1 Å². The highest BCUT2D eigenvalue weighted by Gasteiger charge is 2.09. The summed E-state index contributed by atoms with van der Waals surface area (Å²) in [5.41, 5.74) is 1.92. The van der Waals surface area contributed by atoms with E-state index in [1.165, 1.54) is 15.8 Å². The zero-order chi connectivity index (χ0) is 13.0.